The highest BCUT2D eigenvalue weighted by Crippen LogP contribution is 2.38. The highest BCUT2D eigenvalue weighted by Gasteiger charge is 2.09. The van der Waals surface area contributed by atoms with Crippen molar-refractivity contribution in [3.63, 3.8) is 0 Å². The molecule has 11 heavy (non-hydrogen) atoms. The van der Waals surface area contributed by atoms with Crippen molar-refractivity contribution in [2.24, 2.45) is 0 Å². The fraction of sp³-hybridized carbons (Fsp3) is 0.143. The quantitative estimate of drug-likeness (QED) is 0.537. The summed E-state index contributed by atoms with van der Waals surface area (Å²) >= 11 is 8.91. The zero-order valence-electron chi connectivity index (χ0n) is 5.86. The molecule has 0 aliphatic rings. The van der Waals surface area contributed by atoms with E-state index in [9.17, 15) is 5.11 Å². The van der Waals surface area contributed by atoms with Crippen LogP contribution in [0.2, 0.25) is 5.02 Å². The molecule has 1 aromatic rings. The first kappa shape index (κ1) is 8.68. The lowest BCUT2D eigenvalue weighted by atomic mass is 10.2. The summed E-state index contributed by atoms with van der Waals surface area (Å²) in [7, 11) is 0. The maximum Gasteiger partial charge on any atom is 0.154 e. The van der Waals surface area contributed by atoms with Gasteiger partial charge in [-0.2, -0.15) is 0 Å². The summed E-state index contributed by atoms with van der Waals surface area (Å²) in [5.74, 6) is 0.000556. The molecule has 60 valence electrons. The van der Waals surface area contributed by atoms with E-state index >= 15 is 0 Å². The molecule has 0 radical (unpaired) electrons. The standard InChI is InChI=1S/C7H7BrClNO/c1-3-2-4(10)7(11)5(8)6(3)9/h2,11H,10H2,1H3. The fourth-order valence-electron chi connectivity index (χ4n) is 0.769. The third-order valence-electron chi connectivity index (χ3n) is 1.39. The Morgan fingerprint density at radius 2 is 2.18 bits per heavy atom. The SMILES string of the molecule is Cc1cc(N)c(O)c(Br)c1Cl. The number of aryl methyl sites for hydroxylation is 1. The Balaban J connectivity index is 3.46. The molecule has 4 heteroatoms. The number of rotatable bonds is 0. The van der Waals surface area contributed by atoms with Crippen molar-refractivity contribution in [3.05, 3.63) is 21.1 Å². The molecule has 1 aromatic carbocycles. The Morgan fingerprint density at radius 1 is 1.64 bits per heavy atom. The number of nitrogen functional groups attached to an aromatic ring is 1. The number of aromatic hydroxyl groups is 1. The topological polar surface area (TPSA) is 46.2 Å². The van der Waals surface area contributed by atoms with E-state index in [0.29, 0.717) is 15.2 Å². The first-order valence-corrected chi connectivity index (χ1v) is 4.14. The van der Waals surface area contributed by atoms with Gasteiger partial charge in [0, 0.05) is 0 Å². The summed E-state index contributed by atoms with van der Waals surface area (Å²) in [6.07, 6.45) is 0. The number of anilines is 1. The third-order valence-corrected chi connectivity index (χ3v) is 2.88. The lowest BCUT2D eigenvalue weighted by molar-refractivity contribution is 0.474. The number of halogens is 2. The summed E-state index contributed by atoms with van der Waals surface area (Å²) in [5.41, 5.74) is 6.63. The molecular weight excluding hydrogens is 229 g/mol. The van der Waals surface area contributed by atoms with Crippen LogP contribution in [0.5, 0.6) is 5.75 Å². The predicted molar refractivity (Wildman–Crippen MR) is 50.0 cm³/mol. The van der Waals surface area contributed by atoms with Gasteiger partial charge in [0.1, 0.15) is 0 Å². The molecule has 0 amide bonds. The molecule has 2 nitrogen and oxygen atoms in total. The van der Waals surface area contributed by atoms with Crippen molar-refractivity contribution < 1.29 is 5.11 Å². The van der Waals surface area contributed by atoms with E-state index in [4.69, 9.17) is 17.3 Å². The van der Waals surface area contributed by atoms with Crippen LogP contribution in [0.15, 0.2) is 10.5 Å². The largest absolute Gasteiger partial charge is 0.505 e. The number of phenolic OH excluding ortho intramolecular Hbond substituents is 1. The first-order valence-electron chi connectivity index (χ1n) is 2.97. The van der Waals surface area contributed by atoms with Crippen LogP contribution in [0.25, 0.3) is 0 Å². The van der Waals surface area contributed by atoms with Crippen LogP contribution in [0.1, 0.15) is 5.56 Å². The van der Waals surface area contributed by atoms with Crippen molar-refractivity contribution in [1.29, 1.82) is 0 Å². The van der Waals surface area contributed by atoms with Crippen LogP contribution in [0, 0.1) is 6.92 Å². The van der Waals surface area contributed by atoms with E-state index in [2.05, 4.69) is 15.9 Å². The second-order valence-corrected chi connectivity index (χ2v) is 3.43. The van der Waals surface area contributed by atoms with E-state index in [1.807, 2.05) is 6.92 Å². The minimum Gasteiger partial charge on any atom is -0.505 e. The number of nitrogens with two attached hydrogens (primary N) is 1. The molecule has 1 rings (SSSR count). The molecule has 0 saturated heterocycles. The smallest absolute Gasteiger partial charge is 0.154 e. The van der Waals surface area contributed by atoms with Crippen molar-refractivity contribution >= 4 is 33.2 Å². The average Bonchev–Trinajstić information content (AvgIpc) is 1.97. The molecule has 0 bridgehead atoms. The predicted octanol–water partition coefficient (Wildman–Crippen LogP) is 2.70. The number of hydrogen-bond acceptors (Lipinski definition) is 2. The monoisotopic (exact) mass is 235 g/mol. The molecule has 0 aromatic heterocycles. The second-order valence-electron chi connectivity index (χ2n) is 2.26. The lowest BCUT2D eigenvalue weighted by Crippen LogP contribution is -1.88. The van der Waals surface area contributed by atoms with Crippen LogP contribution in [0.3, 0.4) is 0 Å². The van der Waals surface area contributed by atoms with Crippen LogP contribution in [-0.2, 0) is 0 Å². The molecule has 0 unspecified atom stereocenters. The normalized spacial score (nSPS) is 10.1. The van der Waals surface area contributed by atoms with Gasteiger partial charge in [0.2, 0.25) is 0 Å². The molecule has 0 atom stereocenters. The summed E-state index contributed by atoms with van der Waals surface area (Å²) in [4.78, 5) is 0. The first-order chi connectivity index (χ1) is 5.04. The maximum atomic E-state index is 9.26. The molecule has 0 aliphatic heterocycles. The van der Waals surface area contributed by atoms with Crippen molar-refractivity contribution in [3.8, 4) is 5.75 Å². The van der Waals surface area contributed by atoms with Gasteiger partial charge in [0.05, 0.1) is 15.2 Å². The van der Waals surface area contributed by atoms with Crippen LogP contribution < -0.4 is 5.73 Å². The Hall–Kier alpha value is -0.410. The van der Waals surface area contributed by atoms with Gasteiger partial charge in [-0.1, -0.05) is 11.6 Å². The van der Waals surface area contributed by atoms with E-state index in [0.717, 1.165) is 5.56 Å². The molecule has 0 aliphatic carbocycles. The molecule has 0 heterocycles. The lowest BCUT2D eigenvalue weighted by Gasteiger charge is -2.05. The average molecular weight is 236 g/mol. The van der Waals surface area contributed by atoms with Gasteiger partial charge in [0.25, 0.3) is 0 Å². The molecule has 0 spiro atoms. The van der Waals surface area contributed by atoms with Crippen LogP contribution >= 0.6 is 27.5 Å². The summed E-state index contributed by atoms with van der Waals surface area (Å²) in [5, 5.41) is 9.75. The number of benzene rings is 1. The van der Waals surface area contributed by atoms with E-state index in [1.165, 1.54) is 0 Å². The van der Waals surface area contributed by atoms with Crippen LogP contribution in [0.4, 0.5) is 5.69 Å². The fourth-order valence-corrected chi connectivity index (χ4v) is 1.45. The maximum absolute atomic E-state index is 9.26. The zero-order valence-corrected chi connectivity index (χ0v) is 8.20. The van der Waals surface area contributed by atoms with Crippen molar-refractivity contribution in [2.45, 2.75) is 6.92 Å². The third kappa shape index (κ3) is 1.44. The summed E-state index contributed by atoms with van der Waals surface area (Å²) < 4.78 is 0.455. The number of phenols is 1. The van der Waals surface area contributed by atoms with Gasteiger partial charge >= 0.3 is 0 Å². The Kier molecular flexibility index (Phi) is 2.30. The van der Waals surface area contributed by atoms with E-state index in [-0.39, 0.29) is 5.75 Å². The highest BCUT2D eigenvalue weighted by molar-refractivity contribution is 9.10. The molecule has 3 N–H and O–H groups in total. The van der Waals surface area contributed by atoms with Gasteiger partial charge in [0.15, 0.2) is 5.75 Å². The zero-order chi connectivity index (χ0) is 8.59. The van der Waals surface area contributed by atoms with Gasteiger partial charge in [-0.25, -0.2) is 0 Å². The van der Waals surface area contributed by atoms with E-state index < -0.39 is 0 Å². The Labute approximate surface area is 78.1 Å². The number of hydrogen-bond donors (Lipinski definition) is 2. The molecular formula is C7H7BrClNO. The van der Waals surface area contributed by atoms with Crippen molar-refractivity contribution in [1.82, 2.24) is 0 Å². The van der Waals surface area contributed by atoms with Crippen LogP contribution in [-0.4, -0.2) is 5.11 Å². The summed E-state index contributed by atoms with van der Waals surface area (Å²) in [6, 6.07) is 1.63. The Morgan fingerprint density at radius 3 is 2.73 bits per heavy atom. The second kappa shape index (κ2) is 2.91. The molecule has 0 fully saturated rings. The minimum atomic E-state index is 0.000556. The van der Waals surface area contributed by atoms with Gasteiger partial charge in [-0.3, -0.25) is 0 Å². The van der Waals surface area contributed by atoms with E-state index in [1.54, 1.807) is 6.07 Å². The molecule has 0 saturated carbocycles. The highest BCUT2D eigenvalue weighted by atomic mass is 79.9. The summed E-state index contributed by atoms with van der Waals surface area (Å²) in [6.45, 7) is 1.82. The van der Waals surface area contributed by atoms with Gasteiger partial charge < -0.3 is 10.8 Å². The van der Waals surface area contributed by atoms with Crippen molar-refractivity contribution in [2.75, 3.05) is 5.73 Å². The Bertz CT molecular complexity index is 275. The minimum absolute atomic E-state index is 0.000556. The van der Waals surface area contributed by atoms with Gasteiger partial charge in [-0.05, 0) is 34.5 Å². The van der Waals surface area contributed by atoms with Gasteiger partial charge in [-0.15, -0.1) is 0 Å².